The van der Waals surface area contributed by atoms with E-state index in [0.29, 0.717) is 0 Å². The molecule has 0 atom stereocenters. The summed E-state index contributed by atoms with van der Waals surface area (Å²) in [6.45, 7) is 18.6. The third-order valence-electron chi connectivity index (χ3n) is 6.91. The van der Waals surface area contributed by atoms with Gasteiger partial charge in [0.15, 0.2) is 0 Å². The number of nitrogens with one attached hydrogen (secondary N) is 1. The van der Waals surface area contributed by atoms with E-state index in [-0.39, 0.29) is 16.2 Å². The number of thiophene rings is 1. The van der Waals surface area contributed by atoms with Gasteiger partial charge in [0.1, 0.15) is 0 Å². The van der Waals surface area contributed by atoms with Gasteiger partial charge >= 0.3 is 0 Å². The van der Waals surface area contributed by atoms with Crippen LogP contribution in [-0.2, 0) is 16.2 Å². The third-order valence-corrected chi connectivity index (χ3v) is 7.85. The molecule has 154 valence electrons. The van der Waals surface area contributed by atoms with Crippen molar-refractivity contribution in [2.45, 2.75) is 84.5 Å². The maximum Gasteiger partial charge on any atom is 0.0573 e. The molecule has 0 unspecified atom stereocenters. The number of aryl methyl sites for hydroxylation is 1. The largest absolute Gasteiger partial charge is 0.354 e. The van der Waals surface area contributed by atoms with Gasteiger partial charge in [-0.1, -0.05) is 60.6 Å². The van der Waals surface area contributed by atoms with Gasteiger partial charge in [-0.05, 0) is 76.5 Å². The standard InChI is InChI=1S/C27H35NS/c1-17-13-18(25(2,3)4)9-10-22(17)28-23-16-29-24-15-21-20(14-19(23)24)26(5,6)11-12-27(21,7)8/h9-10,13-16,28H,11-12H2,1-8H3. The first-order valence-corrected chi connectivity index (χ1v) is 11.7. The van der Waals surface area contributed by atoms with Crippen LogP contribution >= 0.6 is 11.3 Å². The molecule has 0 saturated heterocycles. The lowest BCUT2D eigenvalue weighted by atomic mass is 9.63. The fourth-order valence-electron chi connectivity index (χ4n) is 4.60. The first-order valence-electron chi connectivity index (χ1n) is 10.8. The molecule has 1 aromatic heterocycles. The predicted octanol–water partition coefficient (Wildman–Crippen LogP) is 8.60. The van der Waals surface area contributed by atoms with Gasteiger partial charge in [0.2, 0.25) is 0 Å². The minimum Gasteiger partial charge on any atom is -0.354 e. The molecule has 0 saturated carbocycles. The Labute approximate surface area is 180 Å². The van der Waals surface area contributed by atoms with Crippen LogP contribution in [0, 0.1) is 6.92 Å². The predicted molar refractivity (Wildman–Crippen MR) is 130 cm³/mol. The van der Waals surface area contributed by atoms with Crippen LogP contribution in [0.3, 0.4) is 0 Å². The van der Waals surface area contributed by atoms with Gasteiger partial charge in [-0.3, -0.25) is 0 Å². The second-order valence-corrected chi connectivity index (χ2v) is 12.1. The molecule has 1 aliphatic rings. The second kappa shape index (κ2) is 6.60. The highest BCUT2D eigenvalue weighted by atomic mass is 32.1. The van der Waals surface area contributed by atoms with Crippen LogP contribution in [0.1, 0.15) is 83.6 Å². The van der Waals surface area contributed by atoms with Crippen molar-refractivity contribution < 1.29 is 0 Å². The van der Waals surface area contributed by atoms with Crippen LogP contribution < -0.4 is 5.32 Å². The van der Waals surface area contributed by atoms with E-state index >= 15 is 0 Å². The minimum absolute atomic E-state index is 0.176. The van der Waals surface area contributed by atoms with E-state index in [1.54, 1.807) is 5.56 Å². The molecule has 2 heteroatoms. The molecule has 4 rings (SSSR count). The lowest BCUT2D eigenvalue weighted by Crippen LogP contribution is -2.33. The Morgan fingerprint density at radius 2 is 1.48 bits per heavy atom. The fraction of sp³-hybridized carbons (Fsp3) is 0.481. The monoisotopic (exact) mass is 405 g/mol. The van der Waals surface area contributed by atoms with Gasteiger partial charge in [-0.25, -0.2) is 0 Å². The fourth-order valence-corrected chi connectivity index (χ4v) is 5.51. The average Bonchev–Trinajstić information content (AvgIpc) is 3.01. The summed E-state index contributed by atoms with van der Waals surface area (Å²) in [6, 6.07) is 11.8. The highest BCUT2D eigenvalue weighted by Gasteiger charge is 2.37. The van der Waals surface area contributed by atoms with Crippen molar-refractivity contribution in [1.82, 2.24) is 0 Å². The van der Waals surface area contributed by atoms with E-state index in [0.717, 1.165) is 0 Å². The second-order valence-electron chi connectivity index (χ2n) is 11.2. The first kappa shape index (κ1) is 20.5. The van der Waals surface area contributed by atoms with Gasteiger partial charge in [0.25, 0.3) is 0 Å². The number of anilines is 2. The Hall–Kier alpha value is -1.80. The zero-order valence-electron chi connectivity index (χ0n) is 19.3. The van der Waals surface area contributed by atoms with Crippen molar-refractivity contribution in [3.05, 3.63) is 58.0 Å². The molecule has 1 heterocycles. The molecule has 0 bridgehead atoms. The number of hydrogen-bond acceptors (Lipinski definition) is 2. The molecule has 0 amide bonds. The van der Waals surface area contributed by atoms with Crippen LogP contribution in [0.2, 0.25) is 0 Å². The quantitative estimate of drug-likeness (QED) is 0.450. The smallest absolute Gasteiger partial charge is 0.0573 e. The van der Waals surface area contributed by atoms with Crippen LogP contribution in [0.15, 0.2) is 35.7 Å². The SMILES string of the molecule is Cc1cc(C(C)(C)C)ccc1Nc1csc2cc3c(cc12)C(C)(C)CCC3(C)C. The molecule has 0 radical (unpaired) electrons. The Balaban J connectivity index is 1.77. The molecule has 29 heavy (non-hydrogen) atoms. The first-order chi connectivity index (χ1) is 13.4. The number of benzene rings is 2. The van der Waals surface area contributed by atoms with Gasteiger partial charge in [-0.2, -0.15) is 0 Å². The molecule has 3 aromatic rings. The van der Waals surface area contributed by atoms with Crippen molar-refractivity contribution in [3.8, 4) is 0 Å². The average molecular weight is 406 g/mol. The molecule has 2 aromatic carbocycles. The van der Waals surface area contributed by atoms with E-state index in [1.807, 2.05) is 11.3 Å². The summed E-state index contributed by atoms with van der Waals surface area (Å²) >= 11 is 1.86. The van der Waals surface area contributed by atoms with Gasteiger partial charge < -0.3 is 5.32 Å². The zero-order valence-corrected chi connectivity index (χ0v) is 20.1. The van der Waals surface area contributed by atoms with Crippen molar-refractivity contribution in [1.29, 1.82) is 0 Å². The summed E-state index contributed by atoms with van der Waals surface area (Å²) in [5, 5.41) is 7.38. The van der Waals surface area contributed by atoms with E-state index in [4.69, 9.17) is 0 Å². The third kappa shape index (κ3) is 3.61. The van der Waals surface area contributed by atoms with Crippen molar-refractivity contribution >= 4 is 32.8 Å². The molecular weight excluding hydrogens is 370 g/mol. The highest BCUT2D eigenvalue weighted by molar-refractivity contribution is 7.17. The highest BCUT2D eigenvalue weighted by Crippen LogP contribution is 2.48. The van der Waals surface area contributed by atoms with Gasteiger partial charge in [-0.15, -0.1) is 11.3 Å². The molecule has 1 nitrogen and oxygen atoms in total. The van der Waals surface area contributed by atoms with Crippen LogP contribution in [0.5, 0.6) is 0 Å². The topological polar surface area (TPSA) is 12.0 Å². The summed E-state index contributed by atoms with van der Waals surface area (Å²) < 4.78 is 1.39. The molecule has 0 aliphatic heterocycles. The molecule has 1 N–H and O–H groups in total. The lowest BCUT2D eigenvalue weighted by molar-refractivity contribution is 0.332. The molecule has 1 aliphatic carbocycles. The van der Waals surface area contributed by atoms with E-state index < -0.39 is 0 Å². The normalized spacial score (nSPS) is 17.9. The van der Waals surface area contributed by atoms with Crippen molar-refractivity contribution in [2.24, 2.45) is 0 Å². The molecule has 0 spiro atoms. The van der Waals surface area contributed by atoms with Crippen LogP contribution in [-0.4, -0.2) is 0 Å². The number of hydrogen-bond donors (Lipinski definition) is 1. The Morgan fingerprint density at radius 3 is 2.07 bits per heavy atom. The van der Waals surface area contributed by atoms with E-state index in [2.05, 4.69) is 96.4 Å². The maximum absolute atomic E-state index is 3.74. The Morgan fingerprint density at radius 1 is 0.862 bits per heavy atom. The van der Waals surface area contributed by atoms with E-state index in [9.17, 15) is 0 Å². The number of fused-ring (bicyclic) bond motifs is 2. The van der Waals surface area contributed by atoms with Crippen molar-refractivity contribution in [2.75, 3.05) is 5.32 Å². The van der Waals surface area contributed by atoms with Crippen molar-refractivity contribution in [3.63, 3.8) is 0 Å². The van der Waals surface area contributed by atoms with Crippen LogP contribution in [0.25, 0.3) is 10.1 Å². The zero-order chi connectivity index (χ0) is 21.2. The Kier molecular flexibility index (Phi) is 4.66. The summed E-state index contributed by atoms with van der Waals surface area (Å²) in [7, 11) is 0. The summed E-state index contributed by atoms with van der Waals surface area (Å²) in [5.74, 6) is 0. The summed E-state index contributed by atoms with van der Waals surface area (Å²) in [4.78, 5) is 0. The summed E-state index contributed by atoms with van der Waals surface area (Å²) in [5.41, 5.74) is 8.87. The van der Waals surface area contributed by atoms with E-state index in [1.165, 1.54) is 51.0 Å². The van der Waals surface area contributed by atoms with Gasteiger partial charge in [0.05, 0.1) is 5.69 Å². The lowest BCUT2D eigenvalue weighted by Gasteiger charge is -2.41. The minimum atomic E-state index is 0.176. The van der Waals surface area contributed by atoms with Crippen LogP contribution in [0.4, 0.5) is 11.4 Å². The number of rotatable bonds is 2. The molecular formula is C27H35NS. The Bertz CT molecular complexity index is 1080. The molecule has 0 fully saturated rings. The summed E-state index contributed by atoms with van der Waals surface area (Å²) in [6.07, 6.45) is 2.51. The maximum atomic E-state index is 3.74. The van der Waals surface area contributed by atoms with Gasteiger partial charge in [0, 0.05) is 21.2 Å².